The van der Waals surface area contributed by atoms with Crippen molar-refractivity contribution in [2.24, 2.45) is 5.92 Å². The van der Waals surface area contributed by atoms with Gasteiger partial charge in [0.05, 0.1) is 21.5 Å². The molecule has 6 rings (SSSR count). The monoisotopic (exact) mass is 530 g/mol. The summed E-state index contributed by atoms with van der Waals surface area (Å²) in [6.45, 7) is 4.04. The van der Waals surface area contributed by atoms with Crippen LogP contribution in [0.15, 0.2) is 71.9 Å². The molecule has 10 nitrogen and oxygen atoms in total. The molecule has 1 saturated carbocycles. The van der Waals surface area contributed by atoms with E-state index >= 15 is 0 Å². The van der Waals surface area contributed by atoms with E-state index in [2.05, 4.69) is 22.1 Å². The van der Waals surface area contributed by atoms with Crippen molar-refractivity contribution < 1.29 is 13.3 Å². The molecule has 0 unspecified atom stereocenters. The summed E-state index contributed by atoms with van der Waals surface area (Å²) in [5.41, 5.74) is 3.49. The van der Waals surface area contributed by atoms with E-state index in [1.807, 2.05) is 17.4 Å². The van der Waals surface area contributed by atoms with E-state index in [1.165, 1.54) is 16.2 Å². The molecule has 0 bridgehead atoms. The lowest BCUT2D eigenvalue weighted by Gasteiger charge is -2.16. The molecule has 2 aromatic carbocycles. The van der Waals surface area contributed by atoms with Crippen LogP contribution in [0.4, 0.5) is 5.69 Å². The van der Waals surface area contributed by atoms with Gasteiger partial charge in [-0.15, -0.1) is 10.2 Å². The van der Waals surface area contributed by atoms with Crippen LogP contribution in [0, 0.1) is 23.0 Å². The van der Waals surface area contributed by atoms with Crippen molar-refractivity contribution in [3.63, 3.8) is 0 Å². The number of nitro benzene ring substituents is 1. The Morgan fingerprint density at radius 2 is 1.87 bits per heavy atom. The summed E-state index contributed by atoms with van der Waals surface area (Å²) in [5, 5.41) is 20.2. The Morgan fingerprint density at radius 1 is 1.08 bits per heavy atom. The Hall–Kier alpha value is -4.12. The van der Waals surface area contributed by atoms with Crippen molar-refractivity contribution in [2.75, 3.05) is 0 Å². The number of nitrogens with zero attached hydrogens (tertiary/aromatic N) is 6. The molecular formula is C27H26N6O4S. The smallest absolute Gasteiger partial charge is 0.269 e. The van der Waals surface area contributed by atoms with Crippen LogP contribution in [-0.2, 0) is 10.0 Å². The van der Waals surface area contributed by atoms with Gasteiger partial charge in [-0.25, -0.2) is 17.4 Å². The van der Waals surface area contributed by atoms with E-state index in [0.717, 1.165) is 36.2 Å². The SMILES string of the molecule is CC[C@@H]1C[C@@H](c2cccc([N+](=O)[O-])c2)C[C@@H]1c1nnc2cnc3c(ccn3S(=O)(=O)c3ccc(C)cc3)n12. The van der Waals surface area contributed by atoms with Gasteiger partial charge in [0.1, 0.15) is 5.82 Å². The zero-order valence-corrected chi connectivity index (χ0v) is 21.7. The van der Waals surface area contributed by atoms with Crippen LogP contribution >= 0.6 is 0 Å². The summed E-state index contributed by atoms with van der Waals surface area (Å²) in [7, 11) is -3.85. The summed E-state index contributed by atoms with van der Waals surface area (Å²) < 4.78 is 30.0. The van der Waals surface area contributed by atoms with Crippen molar-refractivity contribution in [2.45, 2.75) is 49.8 Å². The fourth-order valence-corrected chi connectivity index (χ4v) is 7.06. The summed E-state index contributed by atoms with van der Waals surface area (Å²) >= 11 is 0. The zero-order chi connectivity index (χ0) is 26.6. The number of aryl methyl sites for hydroxylation is 1. The van der Waals surface area contributed by atoms with Gasteiger partial charge in [0.25, 0.3) is 15.7 Å². The van der Waals surface area contributed by atoms with E-state index in [1.54, 1.807) is 48.7 Å². The maximum atomic E-state index is 13.4. The Bertz CT molecular complexity index is 1790. The van der Waals surface area contributed by atoms with Gasteiger partial charge in [-0.05, 0) is 55.4 Å². The molecule has 1 aliphatic rings. The minimum Gasteiger partial charge on any atom is -0.274 e. The molecule has 3 atom stereocenters. The minimum atomic E-state index is -3.85. The van der Waals surface area contributed by atoms with Gasteiger partial charge in [-0.2, -0.15) is 0 Å². The number of benzene rings is 2. The highest BCUT2D eigenvalue weighted by Gasteiger charge is 2.38. The third kappa shape index (κ3) is 3.85. The summed E-state index contributed by atoms with van der Waals surface area (Å²) in [5.74, 6) is 1.27. The fourth-order valence-electron chi connectivity index (χ4n) is 5.77. The molecule has 1 fully saturated rings. The van der Waals surface area contributed by atoms with Gasteiger partial charge < -0.3 is 0 Å². The largest absolute Gasteiger partial charge is 0.274 e. The van der Waals surface area contributed by atoms with Crippen molar-refractivity contribution >= 4 is 32.5 Å². The molecule has 0 saturated heterocycles. The lowest BCUT2D eigenvalue weighted by molar-refractivity contribution is -0.384. The van der Waals surface area contributed by atoms with Gasteiger partial charge in [-0.1, -0.05) is 43.2 Å². The third-order valence-electron chi connectivity index (χ3n) is 7.74. The summed E-state index contributed by atoms with van der Waals surface area (Å²) in [6, 6.07) is 15.3. The van der Waals surface area contributed by atoms with Crippen LogP contribution in [0.5, 0.6) is 0 Å². The average Bonchev–Trinajstić information content (AvgIpc) is 3.64. The highest BCUT2D eigenvalue weighted by atomic mass is 32.2. The number of hydrogen-bond acceptors (Lipinski definition) is 7. The maximum Gasteiger partial charge on any atom is 0.269 e. The van der Waals surface area contributed by atoms with Crippen LogP contribution < -0.4 is 0 Å². The van der Waals surface area contributed by atoms with Gasteiger partial charge >= 0.3 is 0 Å². The lowest BCUT2D eigenvalue weighted by Crippen LogP contribution is -2.13. The lowest BCUT2D eigenvalue weighted by atomic mass is 9.93. The number of aromatic nitrogens is 5. The van der Waals surface area contributed by atoms with Crippen molar-refractivity contribution in [3.05, 3.63) is 94.1 Å². The Labute approximate surface area is 219 Å². The van der Waals surface area contributed by atoms with Crippen LogP contribution in [0.2, 0.25) is 0 Å². The highest BCUT2D eigenvalue weighted by Crippen LogP contribution is 2.49. The van der Waals surface area contributed by atoms with E-state index in [9.17, 15) is 18.5 Å². The molecule has 11 heteroatoms. The van der Waals surface area contributed by atoms with E-state index < -0.39 is 10.0 Å². The van der Waals surface area contributed by atoms with Crippen LogP contribution in [0.25, 0.3) is 16.8 Å². The van der Waals surface area contributed by atoms with E-state index in [4.69, 9.17) is 0 Å². The molecule has 0 N–H and O–H groups in total. The Kier molecular flexibility index (Phi) is 5.75. The number of fused-ring (bicyclic) bond motifs is 3. The Balaban J connectivity index is 1.43. The number of non-ortho nitro benzene ring substituents is 1. The second-order valence-electron chi connectivity index (χ2n) is 9.94. The second-order valence-corrected chi connectivity index (χ2v) is 11.8. The zero-order valence-electron chi connectivity index (χ0n) is 20.9. The third-order valence-corrected chi connectivity index (χ3v) is 9.42. The fraction of sp³-hybridized carbons (Fsp3) is 0.296. The van der Waals surface area contributed by atoms with Gasteiger partial charge in [-0.3, -0.25) is 14.5 Å². The molecule has 3 heterocycles. The first-order valence-corrected chi connectivity index (χ1v) is 14.0. The molecule has 5 aromatic rings. The summed E-state index contributed by atoms with van der Waals surface area (Å²) in [4.78, 5) is 15.6. The van der Waals surface area contributed by atoms with Crippen LogP contribution in [0.1, 0.15) is 55.0 Å². The standard InChI is InChI=1S/C27H26N6O4S/c1-3-18-13-20(19-5-4-6-21(14-19)33(34)35)15-23(18)26-30-29-25-16-28-27-24(32(25)26)11-12-31(27)38(36,37)22-9-7-17(2)8-10-22/h4-12,14,16,18,20,23H,3,13,15H2,1-2H3/t18-,20-,23+/m1/s1. The quantitative estimate of drug-likeness (QED) is 0.218. The molecule has 0 spiro atoms. The van der Waals surface area contributed by atoms with Crippen molar-refractivity contribution in [1.29, 1.82) is 0 Å². The highest BCUT2D eigenvalue weighted by molar-refractivity contribution is 7.90. The molecule has 38 heavy (non-hydrogen) atoms. The van der Waals surface area contributed by atoms with Crippen molar-refractivity contribution in [3.8, 4) is 0 Å². The van der Waals surface area contributed by atoms with Gasteiger partial charge in [0.2, 0.25) is 0 Å². The predicted octanol–water partition coefficient (Wildman–Crippen LogP) is 5.22. The van der Waals surface area contributed by atoms with Gasteiger partial charge in [0, 0.05) is 24.2 Å². The number of nitro groups is 1. The van der Waals surface area contributed by atoms with Gasteiger partial charge in [0.15, 0.2) is 11.3 Å². The predicted molar refractivity (Wildman–Crippen MR) is 142 cm³/mol. The van der Waals surface area contributed by atoms with Crippen molar-refractivity contribution in [1.82, 2.24) is 23.6 Å². The summed E-state index contributed by atoms with van der Waals surface area (Å²) in [6.07, 6.45) is 5.64. The first-order chi connectivity index (χ1) is 18.3. The average molecular weight is 531 g/mol. The van der Waals surface area contributed by atoms with Crippen LogP contribution in [0.3, 0.4) is 0 Å². The molecule has 0 amide bonds. The number of rotatable bonds is 6. The normalized spacial score (nSPS) is 19.9. The number of hydrogen-bond donors (Lipinski definition) is 0. The topological polar surface area (TPSA) is 125 Å². The Morgan fingerprint density at radius 3 is 2.61 bits per heavy atom. The molecule has 0 radical (unpaired) electrons. The molecule has 1 aliphatic carbocycles. The van der Waals surface area contributed by atoms with E-state index in [0.29, 0.717) is 22.7 Å². The molecule has 194 valence electrons. The first kappa shape index (κ1) is 24.2. The molecule has 3 aromatic heterocycles. The van der Waals surface area contributed by atoms with E-state index in [-0.39, 0.29) is 27.3 Å². The molecule has 0 aliphatic heterocycles. The molecular weight excluding hydrogens is 504 g/mol. The first-order valence-electron chi connectivity index (χ1n) is 12.6. The second kappa shape index (κ2) is 9.02. The minimum absolute atomic E-state index is 0.0573. The maximum absolute atomic E-state index is 13.4. The van der Waals surface area contributed by atoms with Crippen LogP contribution in [-0.4, -0.2) is 36.9 Å².